The first kappa shape index (κ1) is 20.2. The summed E-state index contributed by atoms with van der Waals surface area (Å²) in [7, 11) is 0. The van der Waals surface area contributed by atoms with Gasteiger partial charge >= 0.3 is 5.97 Å². The summed E-state index contributed by atoms with van der Waals surface area (Å²) in [6.07, 6.45) is 3.08. The zero-order valence-corrected chi connectivity index (χ0v) is 17.1. The predicted octanol–water partition coefficient (Wildman–Crippen LogP) is 3.90. The van der Waals surface area contributed by atoms with Crippen LogP contribution in [0, 0.1) is 19.8 Å². The normalized spacial score (nSPS) is 16.7. The van der Waals surface area contributed by atoms with Crippen molar-refractivity contribution in [2.24, 2.45) is 5.92 Å². The average Bonchev–Trinajstić information content (AvgIpc) is 2.68. The number of ether oxygens (including phenoxy) is 2. The van der Waals surface area contributed by atoms with Crippen molar-refractivity contribution in [2.45, 2.75) is 33.6 Å². The summed E-state index contributed by atoms with van der Waals surface area (Å²) in [5, 5.41) is 0.710. The Bertz CT molecular complexity index is 852. The Balaban J connectivity index is 1.82. The number of halogens is 1. The molecule has 0 aliphatic carbocycles. The van der Waals surface area contributed by atoms with Gasteiger partial charge in [0, 0.05) is 18.1 Å². The molecule has 3 rings (SSSR count). The lowest BCUT2D eigenvalue weighted by molar-refractivity contribution is -0.148. The first-order valence-electron chi connectivity index (χ1n) is 9.37. The summed E-state index contributed by atoms with van der Waals surface area (Å²) in [6, 6.07) is 3.68. The van der Waals surface area contributed by atoms with Gasteiger partial charge in [-0.1, -0.05) is 11.6 Å². The van der Waals surface area contributed by atoms with E-state index in [0.29, 0.717) is 35.4 Å². The minimum Gasteiger partial charge on any atom is -0.466 e. The molecule has 1 aromatic heterocycles. The van der Waals surface area contributed by atoms with Gasteiger partial charge < -0.3 is 20.1 Å². The number of piperidine rings is 1. The SMILES string of the molecule is CCOC(=O)C1CCCN(c2ncnc(Oc3cc(C)c(Cl)c(C)c3)c2N)C1. The molecule has 1 aliphatic heterocycles. The summed E-state index contributed by atoms with van der Waals surface area (Å²) in [5.74, 6) is 1.10. The number of carbonyl (C=O) groups is 1. The van der Waals surface area contributed by atoms with E-state index in [4.69, 9.17) is 26.8 Å². The van der Waals surface area contributed by atoms with Crippen molar-refractivity contribution in [2.75, 3.05) is 30.3 Å². The van der Waals surface area contributed by atoms with Crippen LogP contribution in [0.3, 0.4) is 0 Å². The molecule has 1 aromatic carbocycles. The number of nitrogens with zero attached hydrogens (tertiary/aromatic N) is 3. The van der Waals surface area contributed by atoms with Crippen LogP contribution in [0.15, 0.2) is 18.5 Å². The Morgan fingerprint density at radius 2 is 2.04 bits per heavy atom. The van der Waals surface area contributed by atoms with E-state index in [-0.39, 0.29) is 17.8 Å². The van der Waals surface area contributed by atoms with E-state index in [0.717, 1.165) is 30.5 Å². The number of benzene rings is 1. The second-order valence-electron chi connectivity index (χ2n) is 6.93. The van der Waals surface area contributed by atoms with E-state index >= 15 is 0 Å². The highest BCUT2D eigenvalue weighted by Crippen LogP contribution is 2.35. The van der Waals surface area contributed by atoms with Gasteiger partial charge in [-0.3, -0.25) is 4.79 Å². The Labute approximate surface area is 169 Å². The molecule has 0 radical (unpaired) electrons. The predicted molar refractivity (Wildman–Crippen MR) is 109 cm³/mol. The molecule has 2 heterocycles. The van der Waals surface area contributed by atoms with Crippen LogP contribution >= 0.6 is 11.6 Å². The number of hydrogen-bond donors (Lipinski definition) is 1. The van der Waals surface area contributed by atoms with Crippen molar-refractivity contribution in [1.82, 2.24) is 9.97 Å². The molecule has 1 unspecified atom stereocenters. The van der Waals surface area contributed by atoms with Crippen molar-refractivity contribution in [3.8, 4) is 11.6 Å². The number of anilines is 2. The Kier molecular flexibility index (Phi) is 6.24. The first-order chi connectivity index (χ1) is 13.4. The van der Waals surface area contributed by atoms with Gasteiger partial charge in [0.15, 0.2) is 5.82 Å². The number of nitrogens with two attached hydrogens (primary N) is 1. The summed E-state index contributed by atoms with van der Waals surface area (Å²) >= 11 is 6.22. The van der Waals surface area contributed by atoms with Gasteiger partial charge in [0.1, 0.15) is 17.8 Å². The zero-order valence-electron chi connectivity index (χ0n) is 16.4. The number of nitrogen functional groups attached to an aromatic ring is 1. The number of carbonyl (C=O) groups excluding carboxylic acids is 1. The molecule has 28 heavy (non-hydrogen) atoms. The van der Waals surface area contributed by atoms with Gasteiger partial charge in [-0.05, 0) is 56.9 Å². The molecule has 0 amide bonds. The monoisotopic (exact) mass is 404 g/mol. The molecule has 150 valence electrons. The smallest absolute Gasteiger partial charge is 0.310 e. The summed E-state index contributed by atoms with van der Waals surface area (Å²) < 4.78 is 11.1. The fourth-order valence-electron chi connectivity index (χ4n) is 3.40. The molecule has 0 spiro atoms. The molecule has 2 aromatic rings. The zero-order chi connectivity index (χ0) is 20.3. The first-order valence-corrected chi connectivity index (χ1v) is 9.75. The van der Waals surface area contributed by atoms with E-state index < -0.39 is 0 Å². The Morgan fingerprint density at radius 3 is 2.71 bits per heavy atom. The van der Waals surface area contributed by atoms with E-state index in [9.17, 15) is 4.79 Å². The number of hydrogen-bond acceptors (Lipinski definition) is 7. The van der Waals surface area contributed by atoms with Crippen LogP contribution in [0.25, 0.3) is 0 Å². The summed E-state index contributed by atoms with van der Waals surface area (Å²) in [6.45, 7) is 7.29. The lowest BCUT2D eigenvalue weighted by atomic mass is 9.98. The minimum atomic E-state index is -0.186. The van der Waals surface area contributed by atoms with Gasteiger partial charge in [0.25, 0.3) is 0 Å². The number of aromatic nitrogens is 2. The minimum absolute atomic E-state index is 0.177. The van der Waals surface area contributed by atoms with E-state index in [1.165, 1.54) is 6.33 Å². The number of rotatable bonds is 5. The Morgan fingerprint density at radius 1 is 1.32 bits per heavy atom. The maximum Gasteiger partial charge on any atom is 0.310 e. The maximum absolute atomic E-state index is 12.1. The molecular formula is C20H25ClN4O3. The van der Waals surface area contributed by atoms with Crippen LogP contribution in [0.1, 0.15) is 30.9 Å². The number of esters is 1. The standard InChI is InChI=1S/C20H25ClN4O3/c1-4-27-20(26)14-6-5-7-25(10-14)18-17(22)19(24-11-23-18)28-15-8-12(2)16(21)13(3)9-15/h8-9,11,14H,4-7,10,22H2,1-3H3. The van der Waals surface area contributed by atoms with Crippen molar-refractivity contribution in [1.29, 1.82) is 0 Å². The molecule has 0 bridgehead atoms. The fourth-order valence-corrected chi connectivity index (χ4v) is 3.51. The third-order valence-electron chi connectivity index (χ3n) is 4.79. The highest BCUT2D eigenvalue weighted by Gasteiger charge is 2.29. The van der Waals surface area contributed by atoms with Gasteiger partial charge in [-0.2, -0.15) is 4.98 Å². The fraction of sp³-hybridized carbons (Fsp3) is 0.450. The van der Waals surface area contributed by atoms with E-state index in [1.54, 1.807) is 0 Å². The van der Waals surface area contributed by atoms with E-state index in [2.05, 4.69) is 9.97 Å². The van der Waals surface area contributed by atoms with Crippen LogP contribution in [0.5, 0.6) is 11.6 Å². The van der Waals surface area contributed by atoms with Crippen LogP contribution in [0.2, 0.25) is 5.02 Å². The number of aryl methyl sites for hydroxylation is 2. The molecule has 8 heteroatoms. The lowest BCUT2D eigenvalue weighted by Crippen LogP contribution is -2.40. The molecule has 2 N–H and O–H groups in total. The van der Waals surface area contributed by atoms with Crippen LogP contribution in [-0.4, -0.2) is 35.6 Å². The van der Waals surface area contributed by atoms with Crippen LogP contribution in [0.4, 0.5) is 11.5 Å². The topological polar surface area (TPSA) is 90.6 Å². The third kappa shape index (κ3) is 4.30. The molecule has 0 saturated carbocycles. The van der Waals surface area contributed by atoms with Crippen molar-refractivity contribution in [3.05, 3.63) is 34.6 Å². The summed E-state index contributed by atoms with van der Waals surface area (Å²) in [4.78, 5) is 22.6. The van der Waals surface area contributed by atoms with Gasteiger partial charge in [0.2, 0.25) is 5.88 Å². The quantitative estimate of drug-likeness (QED) is 0.755. The molecule has 1 fully saturated rings. The molecule has 7 nitrogen and oxygen atoms in total. The third-order valence-corrected chi connectivity index (χ3v) is 5.39. The van der Waals surface area contributed by atoms with Gasteiger partial charge in [-0.25, -0.2) is 4.98 Å². The Hall–Kier alpha value is -2.54. The van der Waals surface area contributed by atoms with Crippen LogP contribution in [-0.2, 0) is 9.53 Å². The van der Waals surface area contributed by atoms with Gasteiger partial charge in [0.05, 0.1) is 12.5 Å². The van der Waals surface area contributed by atoms with Crippen LogP contribution < -0.4 is 15.4 Å². The molecular weight excluding hydrogens is 380 g/mol. The maximum atomic E-state index is 12.1. The largest absolute Gasteiger partial charge is 0.466 e. The van der Waals surface area contributed by atoms with Crippen molar-refractivity contribution < 1.29 is 14.3 Å². The second-order valence-corrected chi connectivity index (χ2v) is 7.30. The molecule has 1 aliphatic rings. The average molecular weight is 405 g/mol. The van der Waals surface area contributed by atoms with Crippen molar-refractivity contribution in [3.63, 3.8) is 0 Å². The summed E-state index contributed by atoms with van der Waals surface area (Å²) in [5.41, 5.74) is 8.49. The lowest BCUT2D eigenvalue weighted by Gasteiger charge is -2.33. The second kappa shape index (κ2) is 8.65. The molecule has 1 saturated heterocycles. The highest BCUT2D eigenvalue weighted by atomic mass is 35.5. The van der Waals surface area contributed by atoms with Gasteiger partial charge in [-0.15, -0.1) is 0 Å². The highest BCUT2D eigenvalue weighted by molar-refractivity contribution is 6.32. The molecule has 1 atom stereocenters. The van der Waals surface area contributed by atoms with E-state index in [1.807, 2.05) is 37.8 Å². The van der Waals surface area contributed by atoms with Crippen molar-refractivity contribution >= 4 is 29.1 Å².